The molecule has 3 heteroatoms. The Bertz CT molecular complexity index is 587. The third-order valence-corrected chi connectivity index (χ3v) is 3.94. The lowest BCUT2D eigenvalue weighted by Gasteiger charge is -2.18. The maximum atomic E-state index is 11.9. The summed E-state index contributed by atoms with van der Waals surface area (Å²) in [7, 11) is 1.43. The van der Waals surface area contributed by atoms with Gasteiger partial charge in [-0.3, -0.25) is 0 Å². The van der Waals surface area contributed by atoms with Gasteiger partial charge in [0.05, 0.1) is 7.11 Å². The summed E-state index contributed by atoms with van der Waals surface area (Å²) < 4.78 is 7.01. The van der Waals surface area contributed by atoms with Gasteiger partial charge in [-0.25, -0.2) is 4.79 Å². The second kappa shape index (κ2) is 7.11. The zero-order chi connectivity index (χ0) is 15.2. The van der Waals surface area contributed by atoms with E-state index in [1.165, 1.54) is 18.4 Å². The van der Waals surface area contributed by atoms with Crippen molar-refractivity contribution in [3.63, 3.8) is 0 Å². The molecule has 1 aromatic carbocycles. The Kier molecular flexibility index (Phi) is 5.20. The van der Waals surface area contributed by atoms with Crippen LogP contribution in [0.1, 0.15) is 48.1 Å². The lowest BCUT2D eigenvalue weighted by Crippen LogP contribution is -2.16. The molecule has 1 aromatic heterocycles. The smallest absolute Gasteiger partial charge is 0.354 e. The van der Waals surface area contributed by atoms with Gasteiger partial charge >= 0.3 is 5.97 Å². The summed E-state index contributed by atoms with van der Waals surface area (Å²) in [6.45, 7) is 4.27. The van der Waals surface area contributed by atoms with E-state index in [1.807, 2.05) is 18.2 Å². The first-order valence-electron chi connectivity index (χ1n) is 7.49. The van der Waals surface area contributed by atoms with Crippen molar-refractivity contribution < 1.29 is 9.53 Å². The van der Waals surface area contributed by atoms with E-state index in [-0.39, 0.29) is 5.97 Å². The zero-order valence-electron chi connectivity index (χ0n) is 13.0. The fraction of sp³-hybridized carbons (Fsp3) is 0.389. The molecule has 0 aliphatic carbocycles. The first kappa shape index (κ1) is 15.4. The summed E-state index contributed by atoms with van der Waals surface area (Å²) >= 11 is 0. The number of hydrogen-bond donors (Lipinski definition) is 0. The molecule has 3 nitrogen and oxygen atoms in total. The van der Waals surface area contributed by atoms with E-state index in [2.05, 4.69) is 42.7 Å². The largest absolute Gasteiger partial charge is 0.464 e. The highest BCUT2D eigenvalue weighted by molar-refractivity contribution is 5.87. The van der Waals surface area contributed by atoms with Crippen LogP contribution in [0.25, 0.3) is 0 Å². The Balaban J connectivity index is 2.22. The molecule has 0 saturated heterocycles. The van der Waals surface area contributed by atoms with Crippen molar-refractivity contribution in [1.29, 1.82) is 0 Å². The second-order valence-electron chi connectivity index (χ2n) is 5.31. The van der Waals surface area contributed by atoms with Crippen molar-refractivity contribution in [2.75, 3.05) is 7.11 Å². The molecule has 1 heterocycles. The van der Waals surface area contributed by atoms with Gasteiger partial charge in [-0.1, -0.05) is 37.3 Å². The lowest BCUT2D eigenvalue weighted by atomic mass is 10.1. The minimum atomic E-state index is -0.263. The molecule has 0 spiro atoms. The normalized spacial score (nSPS) is 12.1. The Morgan fingerprint density at radius 3 is 2.48 bits per heavy atom. The summed E-state index contributed by atoms with van der Waals surface area (Å²) in [5.41, 5.74) is 3.15. The Labute approximate surface area is 126 Å². The highest BCUT2D eigenvalue weighted by Gasteiger charge is 2.18. The summed E-state index contributed by atoms with van der Waals surface area (Å²) in [5.74, 6) is -0.263. The molecule has 0 aliphatic heterocycles. The summed E-state index contributed by atoms with van der Waals surface area (Å²) in [6.07, 6.45) is 2.88. The molecule has 1 atom stereocenters. The fourth-order valence-electron chi connectivity index (χ4n) is 2.59. The molecule has 0 aliphatic rings. The standard InChI is InChI=1S/C18H23NO2/c1-4-14(2)19-16(12-13-17(19)18(20)21-3)11-10-15-8-6-5-7-9-15/h5-9,12-14H,4,10-11H2,1-3H3/t14-/m1/s1. The molecular formula is C18H23NO2. The number of methoxy groups -OCH3 is 1. The molecule has 0 saturated carbocycles. The minimum Gasteiger partial charge on any atom is -0.464 e. The monoisotopic (exact) mass is 285 g/mol. The van der Waals surface area contributed by atoms with Gasteiger partial charge in [-0.05, 0) is 43.9 Å². The second-order valence-corrected chi connectivity index (χ2v) is 5.31. The SMILES string of the molecule is CC[C@@H](C)n1c(CCc2ccccc2)ccc1C(=O)OC. The molecule has 2 rings (SSSR count). The molecule has 112 valence electrons. The van der Waals surface area contributed by atoms with E-state index in [9.17, 15) is 4.79 Å². The van der Waals surface area contributed by atoms with Crippen molar-refractivity contribution in [3.8, 4) is 0 Å². The third-order valence-electron chi connectivity index (χ3n) is 3.94. The van der Waals surface area contributed by atoms with Crippen LogP contribution in [0.5, 0.6) is 0 Å². The average Bonchev–Trinajstić information content (AvgIpc) is 2.96. The van der Waals surface area contributed by atoms with Crippen molar-refractivity contribution in [2.24, 2.45) is 0 Å². The highest BCUT2D eigenvalue weighted by atomic mass is 16.5. The first-order valence-corrected chi connectivity index (χ1v) is 7.49. The van der Waals surface area contributed by atoms with Gasteiger partial charge in [0.1, 0.15) is 5.69 Å². The summed E-state index contributed by atoms with van der Waals surface area (Å²) in [6, 6.07) is 14.6. The van der Waals surface area contributed by atoms with Crippen LogP contribution in [0, 0.1) is 0 Å². The van der Waals surface area contributed by atoms with E-state index in [0.717, 1.165) is 19.3 Å². The number of benzene rings is 1. The van der Waals surface area contributed by atoms with Gasteiger partial charge in [-0.2, -0.15) is 0 Å². The average molecular weight is 285 g/mol. The van der Waals surface area contributed by atoms with Gasteiger partial charge in [0, 0.05) is 11.7 Å². The number of ether oxygens (including phenoxy) is 1. The third kappa shape index (κ3) is 3.54. The van der Waals surface area contributed by atoms with Crippen LogP contribution in [0.2, 0.25) is 0 Å². The maximum absolute atomic E-state index is 11.9. The fourth-order valence-corrected chi connectivity index (χ4v) is 2.59. The van der Waals surface area contributed by atoms with Crippen LogP contribution < -0.4 is 0 Å². The number of carbonyl (C=O) groups excluding carboxylic acids is 1. The highest BCUT2D eigenvalue weighted by Crippen LogP contribution is 2.21. The van der Waals surface area contributed by atoms with Crippen molar-refractivity contribution in [2.45, 2.75) is 39.2 Å². The minimum absolute atomic E-state index is 0.263. The molecule has 0 amide bonds. The predicted octanol–water partition coefficient (Wildman–Crippen LogP) is 4.03. The van der Waals surface area contributed by atoms with Crippen molar-refractivity contribution in [3.05, 3.63) is 59.4 Å². The van der Waals surface area contributed by atoms with E-state index >= 15 is 0 Å². The van der Waals surface area contributed by atoms with Gasteiger partial charge in [0.2, 0.25) is 0 Å². The van der Waals surface area contributed by atoms with E-state index in [0.29, 0.717) is 11.7 Å². The molecular weight excluding hydrogens is 262 g/mol. The van der Waals surface area contributed by atoms with E-state index in [1.54, 1.807) is 0 Å². The van der Waals surface area contributed by atoms with Crippen LogP contribution in [0.3, 0.4) is 0 Å². The molecule has 0 N–H and O–H groups in total. The number of nitrogens with zero attached hydrogens (tertiary/aromatic N) is 1. The molecule has 2 aromatic rings. The van der Waals surface area contributed by atoms with Crippen LogP contribution in [-0.4, -0.2) is 17.6 Å². The number of esters is 1. The topological polar surface area (TPSA) is 31.2 Å². The zero-order valence-corrected chi connectivity index (χ0v) is 13.0. The summed E-state index contributed by atoms with van der Waals surface area (Å²) in [5, 5.41) is 0. The Morgan fingerprint density at radius 1 is 1.14 bits per heavy atom. The quantitative estimate of drug-likeness (QED) is 0.750. The summed E-state index contributed by atoms with van der Waals surface area (Å²) in [4.78, 5) is 11.9. The Morgan fingerprint density at radius 2 is 1.86 bits per heavy atom. The Hall–Kier alpha value is -2.03. The van der Waals surface area contributed by atoms with Gasteiger partial charge in [0.15, 0.2) is 0 Å². The molecule has 0 bridgehead atoms. The molecule has 0 radical (unpaired) electrons. The van der Waals surface area contributed by atoms with Crippen LogP contribution in [0.4, 0.5) is 0 Å². The number of aryl methyl sites for hydroxylation is 2. The number of aromatic nitrogens is 1. The van der Waals surface area contributed by atoms with Gasteiger partial charge in [0.25, 0.3) is 0 Å². The number of rotatable bonds is 6. The van der Waals surface area contributed by atoms with Crippen molar-refractivity contribution >= 4 is 5.97 Å². The first-order chi connectivity index (χ1) is 10.2. The number of hydrogen-bond acceptors (Lipinski definition) is 2. The molecule has 0 fully saturated rings. The van der Waals surface area contributed by atoms with Gasteiger partial charge in [-0.15, -0.1) is 0 Å². The molecule has 0 unspecified atom stereocenters. The van der Waals surface area contributed by atoms with E-state index < -0.39 is 0 Å². The maximum Gasteiger partial charge on any atom is 0.354 e. The van der Waals surface area contributed by atoms with E-state index in [4.69, 9.17) is 4.74 Å². The van der Waals surface area contributed by atoms with Crippen LogP contribution in [-0.2, 0) is 17.6 Å². The predicted molar refractivity (Wildman–Crippen MR) is 84.6 cm³/mol. The van der Waals surface area contributed by atoms with Crippen LogP contribution >= 0.6 is 0 Å². The van der Waals surface area contributed by atoms with Gasteiger partial charge < -0.3 is 9.30 Å². The number of carbonyl (C=O) groups is 1. The van der Waals surface area contributed by atoms with Crippen molar-refractivity contribution in [1.82, 2.24) is 4.57 Å². The lowest BCUT2D eigenvalue weighted by molar-refractivity contribution is 0.0585. The molecule has 21 heavy (non-hydrogen) atoms. The van der Waals surface area contributed by atoms with Crippen LogP contribution in [0.15, 0.2) is 42.5 Å².